The summed E-state index contributed by atoms with van der Waals surface area (Å²) in [5.41, 5.74) is 15.5. The van der Waals surface area contributed by atoms with Gasteiger partial charge in [-0.2, -0.15) is 0 Å². The van der Waals surface area contributed by atoms with Gasteiger partial charge in [0.25, 0.3) is 0 Å². The number of hydrogen-bond donors (Lipinski definition) is 4. The van der Waals surface area contributed by atoms with Gasteiger partial charge in [-0.25, -0.2) is 9.59 Å². The molecule has 154 valence electrons. The Balaban J connectivity index is 1.38. The van der Waals surface area contributed by atoms with E-state index >= 15 is 0 Å². The van der Waals surface area contributed by atoms with Gasteiger partial charge in [0, 0.05) is 52.1 Å². The number of para-hydroxylation sites is 1. The van der Waals surface area contributed by atoms with Crippen molar-refractivity contribution < 1.29 is 14.3 Å². The van der Waals surface area contributed by atoms with Gasteiger partial charge in [-0.15, -0.1) is 0 Å². The van der Waals surface area contributed by atoms with E-state index in [1.54, 1.807) is 24.5 Å². The van der Waals surface area contributed by atoms with Gasteiger partial charge >= 0.3 is 11.9 Å². The van der Waals surface area contributed by atoms with Crippen molar-refractivity contribution in [1.29, 1.82) is 0 Å². The molecule has 0 saturated carbocycles. The number of aromatic amines is 2. The van der Waals surface area contributed by atoms with Crippen LogP contribution in [0.5, 0.6) is 0 Å². The van der Waals surface area contributed by atoms with Crippen LogP contribution >= 0.6 is 11.6 Å². The van der Waals surface area contributed by atoms with E-state index in [2.05, 4.69) is 9.97 Å². The lowest BCUT2D eigenvalue weighted by Gasteiger charge is -2.13. The van der Waals surface area contributed by atoms with Gasteiger partial charge < -0.3 is 26.2 Å². The molecule has 0 radical (unpaired) electrons. The fourth-order valence-corrected chi connectivity index (χ4v) is 3.68. The predicted octanol–water partition coefficient (Wildman–Crippen LogP) is 2.81. The van der Waals surface area contributed by atoms with Crippen LogP contribution in [0.3, 0.4) is 0 Å². The maximum absolute atomic E-state index is 12.3. The van der Waals surface area contributed by atoms with Gasteiger partial charge in [0.1, 0.15) is 12.1 Å². The average Bonchev–Trinajstić information content (AvgIpc) is 3.32. The number of H-pyrrole nitrogens is 2. The van der Waals surface area contributed by atoms with Crippen LogP contribution in [0.25, 0.3) is 21.8 Å². The van der Waals surface area contributed by atoms with Crippen molar-refractivity contribution in [2.24, 2.45) is 11.5 Å². The number of benzene rings is 2. The lowest BCUT2D eigenvalue weighted by Crippen LogP contribution is -2.41. The smallest absolute Gasteiger partial charge is 0.330 e. The summed E-state index contributed by atoms with van der Waals surface area (Å²) in [5.74, 6) is -1.62. The number of esters is 2. The number of ether oxygens (including phenoxy) is 1. The number of halogens is 1. The molecule has 4 rings (SSSR count). The van der Waals surface area contributed by atoms with Crippen molar-refractivity contribution in [3.63, 3.8) is 0 Å². The first-order valence-electron chi connectivity index (χ1n) is 9.49. The third-order valence-electron chi connectivity index (χ3n) is 5.09. The van der Waals surface area contributed by atoms with E-state index in [9.17, 15) is 9.59 Å². The quantitative estimate of drug-likeness (QED) is 0.279. The van der Waals surface area contributed by atoms with Crippen LogP contribution < -0.4 is 11.5 Å². The molecule has 4 aromatic rings. The largest absolute Gasteiger partial charge is 0.391 e. The van der Waals surface area contributed by atoms with Crippen LogP contribution in [0.15, 0.2) is 54.9 Å². The van der Waals surface area contributed by atoms with Crippen molar-refractivity contribution in [3.8, 4) is 0 Å². The minimum Gasteiger partial charge on any atom is -0.391 e. The van der Waals surface area contributed by atoms with E-state index in [-0.39, 0.29) is 12.8 Å². The van der Waals surface area contributed by atoms with E-state index in [1.165, 1.54) is 0 Å². The Morgan fingerprint density at radius 3 is 2.10 bits per heavy atom. The second-order valence-electron chi connectivity index (χ2n) is 7.22. The summed E-state index contributed by atoms with van der Waals surface area (Å²) in [4.78, 5) is 30.9. The standard InChI is InChI=1S/C22H21ClN4O3/c23-14-5-6-20-16(9-14)13(11-27-20)8-18(25)22(29)30-21(28)17(24)7-12-10-26-19-4-2-1-3-15(12)19/h1-6,9-11,17-18,26-27H,7-8,24-25H2/t17-,18-/m0/s1. The van der Waals surface area contributed by atoms with Crippen LogP contribution in [0.4, 0.5) is 0 Å². The first kappa shape index (κ1) is 20.2. The number of rotatable bonds is 6. The number of fused-ring (bicyclic) bond motifs is 2. The van der Waals surface area contributed by atoms with Crippen LogP contribution in [0.2, 0.25) is 5.02 Å². The van der Waals surface area contributed by atoms with Gasteiger partial charge in [0.05, 0.1) is 0 Å². The zero-order chi connectivity index (χ0) is 21.3. The second-order valence-corrected chi connectivity index (χ2v) is 7.66. The number of hydrogen-bond acceptors (Lipinski definition) is 5. The molecule has 0 unspecified atom stereocenters. The second kappa shape index (κ2) is 8.31. The molecule has 2 heterocycles. The maximum Gasteiger partial charge on any atom is 0.330 e. The van der Waals surface area contributed by atoms with Crippen molar-refractivity contribution >= 4 is 45.3 Å². The summed E-state index contributed by atoms with van der Waals surface area (Å²) in [5, 5.41) is 2.42. The normalized spacial score (nSPS) is 13.4. The highest BCUT2D eigenvalue weighted by Crippen LogP contribution is 2.23. The minimum atomic E-state index is -1.01. The first-order chi connectivity index (χ1) is 14.4. The molecule has 8 heteroatoms. The summed E-state index contributed by atoms with van der Waals surface area (Å²) in [6.07, 6.45) is 4.00. The van der Waals surface area contributed by atoms with E-state index in [0.29, 0.717) is 5.02 Å². The SMILES string of the molecule is N[C@@H](Cc1c[nH]c2ccccc12)C(=O)OC(=O)[C@@H](N)Cc1c[nH]c2ccc(Cl)cc12. The van der Waals surface area contributed by atoms with Crippen molar-refractivity contribution in [3.05, 3.63) is 71.0 Å². The van der Waals surface area contributed by atoms with Crippen molar-refractivity contribution in [2.75, 3.05) is 0 Å². The Morgan fingerprint density at radius 2 is 1.43 bits per heavy atom. The highest BCUT2D eigenvalue weighted by atomic mass is 35.5. The highest BCUT2D eigenvalue weighted by Gasteiger charge is 2.25. The van der Waals surface area contributed by atoms with Gasteiger partial charge in [-0.05, 0) is 35.4 Å². The number of carbonyl (C=O) groups excluding carboxylic acids is 2. The fourth-order valence-electron chi connectivity index (χ4n) is 3.51. The summed E-state index contributed by atoms with van der Waals surface area (Å²) >= 11 is 6.05. The minimum absolute atomic E-state index is 0.199. The summed E-state index contributed by atoms with van der Waals surface area (Å²) < 4.78 is 4.95. The zero-order valence-corrected chi connectivity index (χ0v) is 16.8. The third-order valence-corrected chi connectivity index (χ3v) is 5.33. The Hall–Kier alpha value is -3.13. The molecule has 0 aliphatic rings. The Morgan fingerprint density at radius 1 is 0.867 bits per heavy atom. The molecule has 2 aromatic carbocycles. The van der Waals surface area contributed by atoms with Crippen molar-refractivity contribution in [2.45, 2.75) is 24.9 Å². The number of nitrogens with one attached hydrogen (secondary N) is 2. The van der Waals surface area contributed by atoms with Crippen molar-refractivity contribution in [1.82, 2.24) is 9.97 Å². The van der Waals surface area contributed by atoms with E-state index in [0.717, 1.165) is 32.9 Å². The molecular formula is C22H21ClN4O3. The first-order valence-corrected chi connectivity index (χ1v) is 9.87. The van der Waals surface area contributed by atoms with Crippen LogP contribution in [-0.4, -0.2) is 34.0 Å². The van der Waals surface area contributed by atoms with Gasteiger partial charge in [0.15, 0.2) is 0 Å². The lowest BCUT2D eigenvalue weighted by atomic mass is 10.0. The fraction of sp³-hybridized carbons (Fsp3) is 0.182. The molecule has 0 spiro atoms. The molecule has 2 aromatic heterocycles. The predicted molar refractivity (Wildman–Crippen MR) is 116 cm³/mol. The molecule has 0 aliphatic carbocycles. The zero-order valence-electron chi connectivity index (χ0n) is 16.0. The molecule has 0 amide bonds. The van der Waals surface area contributed by atoms with Crippen LogP contribution in [0, 0.1) is 0 Å². The van der Waals surface area contributed by atoms with Crippen LogP contribution in [-0.2, 0) is 27.2 Å². The molecule has 0 bridgehead atoms. The average molecular weight is 425 g/mol. The van der Waals surface area contributed by atoms with Gasteiger partial charge in [-0.3, -0.25) is 0 Å². The molecule has 6 N–H and O–H groups in total. The van der Waals surface area contributed by atoms with E-state index in [1.807, 2.05) is 30.3 Å². The van der Waals surface area contributed by atoms with Gasteiger partial charge in [-0.1, -0.05) is 29.8 Å². The number of aromatic nitrogens is 2. The summed E-state index contributed by atoms with van der Waals surface area (Å²) in [6.45, 7) is 0. The Kier molecular flexibility index (Phi) is 5.59. The van der Waals surface area contributed by atoms with Crippen LogP contribution in [0.1, 0.15) is 11.1 Å². The third kappa shape index (κ3) is 4.09. The topological polar surface area (TPSA) is 127 Å². The summed E-state index contributed by atoms with van der Waals surface area (Å²) in [7, 11) is 0. The highest BCUT2D eigenvalue weighted by molar-refractivity contribution is 6.31. The lowest BCUT2D eigenvalue weighted by molar-refractivity contribution is -0.161. The summed E-state index contributed by atoms with van der Waals surface area (Å²) in [6, 6.07) is 11.1. The Bertz CT molecular complexity index is 1230. The maximum atomic E-state index is 12.3. The molecule has 7 nitrogen and oxygen atoms in total. The Labute approximate surface area is 177 Å². The molecule has 2 atom stereocenters. The molecule has 30 heavy (non-hydrogen) atoms. The molecule has 0 aliphatic heterocycles. The molecular weight excluding hydrogens is 404 g/mol. The van der Waals surface area contributed by atoms with E-state index < -0.39 is 24.0 Å². The number of carbonyl (C=O) groups is 2. The molecule has 0 fully saturated rings. The monoisotopic (exact) mass is 424 g/mol. The number of nitrogens with two attached hydrogens (primary N) is 2. The van der Waals surface area contributed by atoms with Gasteiger partial charge in [0.2, 0.25) is 0 Å². The molecule has 0 saturated heterocycles. The van der Waals surface area contributed by atoms with E-state index in [4.69, 9.17) is 27.8 Å².